The van der Waals surface area contributed by atoms with Crippen LogP contribution in [0.5, 0.6) is 0 Å². The molecule has 0 radical (unpaired) electrons. The molecular weight excluding hydrogens is 251 g/mol. The highest BCUT2D eigenvalue weighted by molar-refractivity contribution is 5.99. The third-order valence-electron chi connectivity index (χ3n) is 3.38. The normalized spacial score (nSPS) is 22.2. The molecule has 0 saturated heterocycles. The van der Waals surface area contributed by atoms with Gasteiger partial charge in [0, 0.05) is 11.7 Å². The maximum Gasteiger partial charge on any atom is 0.306 e. The molecule has 1 aliphatic rings. The third-order valence-corrected chi connectivity index (χ3v) is 3.38. The zero-order chi connectivity index (χ0) is 14.0. The molecular formula is C13H15FN2O3. The first-order valence-corrected chi connectivity index (χ1v) is 6.06. The summed E-state index contributed by atoms with van der Waals surface area (Å²) in [5.74, 6) is -2.26. The SMILES string of the molecule is Nc1ccc(F)cc1C(=O)NC1CCC(C(=O)O)C1. The Morgan fingerprint density at radius 1 is 1.37 bits per heavy atom. The van der Waals surface area contributed by atoms with E-state index in [4.69, 9.17) is 10.8 Å². The number of carbonyl (C=O) groups is 2. The fourth-order valence-electron chi connectivity index (χ4n) is 2.33. The van der Waals surface area contributed by atoms with E-state index in [0.717, 1.165) is 6.07 Å². The Morgan fingerprint density at radius 3 is 2.74 bits per heavy atom. The van der Waals surface area contributed by atoms with Crippen LogP contribution >= 0.6 is 0 Å². The molecule has 1 aliphatic carbocycles. The molecule has 1 aromatic rings. The number of nitrogens with two attached hydrogens (primary N) is 1. The lowest BCUT2D eigenvalue weighted by atomic mass is 10.1. The number of anilines is 1. The summed E-state index contributed by atoms with van der Waals surface area (Å²) in [5.41, 5.74) is 5.90. The molecule has 2 unspecified atom stereocenters. The van der Waals surface area contributed by atoms with Gasteiger partial charge < -0.3 is 16.2 Å². The second kappa shape index (κ2) is 5.26. The summed E-state index contributed by atoms with van der Waals surface area (Å²) in [5, 5.41) is 11.6. The monoisotopic (exact) mass is 266 g/mol. The molecule has 19 heavy (non-hydrogen) atoms. The van der Waals surface area contributed by atoms with Gasteiger partial charge in [0.05, 0.1) is 11.5 Å². The summed E-state index contributed by atoms with van der Waals surface area (Å²) >= 11 is 0. The maximum atomic E-state index is 13.1. The van der Waals surface area contributed by atoms with Gasteiger partial charge in [-0.2, -0.15) is 0 Å². The number of amides is 1. The summed E-state index contributed by atoms with van der Waals surface area (Å²) in [6.45, 7) is 0. The molecule has 102 valence electrons. The zero-order valence-electron chi connectivity index (χ0n) is 10.2. The number of aliphatic carboxylic acids is 1. The van der Waals surface area contributed by atoms with Gasteiger partial charge in [-0.25, -0.2) is 4.39 Å². The van der Waals surface area contributed by atoms with Crippen LogP contribution in [0.3, 0.4) is 0 Å². The minimum atomic E-state index is -0.845. The molecule has 2 atom stereocenters. The molecule has 1 fully saturated rings. The van der Waals surface area contributed by atoms with Crippen molar-refractivity contribution in [1.82, 2.24) is 5.32 Å². The minimum Gasteiger partial charge on any atom is -0.481 e. The maximum absolute atomic E-state index is 13.1. The Morgan fingerprint density at radius 2 is 2.11 bits per heavy atom. The number of hydrogen-bond acceptors (Lipinski definition) is 3. The number of carboxylic acid groups (broad SMARTS) is 1. The number of nitrogen functional groups attached to an aromatic ring is 1. The third kappa shape index (κ3) is 3.01. The van der Waals surface area contributed by atoms with Crippen LogP contribution in [0.1, 0.15) is 29.6 Å². The van der Waals surface area contributed by atoms with Crippen LogP contribution in [-0.2, 0) is 4.79 Å². The molecule has 1 amide bonds. The Bertz CT molecular complexity index is 519. The van der Waals surface area contributed by atoms with Crippen molar-refractivity contribution in [2.75, 3.05) is 5.73 Å². The fourth-order valence-corrected chi connectivity index (χ4v) is 2.33. The van der Waals surface area contributed by atoms with E-state index in [9.17, 15) is 14.0 Å². The number of carbonyl (C=O) groups excluding carboxylic acids is 1. The van der Waals surface area contributed by atoms with Crippen LogP contribution in [0.25, 0.3) is 0 Å². The van der Waals surface area contributed by atoms with Crippen molar-refractivity contribution in [2.45, 2.75) is 25.3 Å². The van der Waals surface area contributed by atoms with Gasteiger partial charge in [-0.05, 0) is 37.5 Å². The van der Waals surface area contributed by atoms with Gasteiger partial charge in [0.25, 0.3) is 5.91 Å². The summed E-state index contributed by atoms with van der Waals surface area (Å²) in [6, 6.07) is 3.39. The minimum absolute atomic E-state index is 0.0822. The first kappa shape index (κ1) is 13.3. The van der Waals surface area contributed by atoms with E-state index in [2.05, 4.69) is 5.32 Å². The van der Waals surface area contributed by atoms with Crippen LogP contribution < -0.4 is 11.1 Å². The standard InChI is InChI=1S/C13H15FN2O3/c14-8-2-4-11(15)10(6-8)12(17)16-9-3-1-7(5-9)13(18)19/h2,4,6-7,9H,1,3,5,15H2,(H,16,17)(H,18,19). The number of nitrogens with one attached hydrogen (secondary N) is 1. The summed E-state index contributed by atoms with van der Waals surface area (Å²) in [6.07, 6.45) is 1.55. The lowest BCUT2D eigenvalue weighted by Gasteiger charge is -2.13. The van der Waals surface area contributed by atoms with Crippen molar-refractivity contribution in [2.24, 2.45) is 5.92 Å². The van der Waals surface area contributed by atoms with E-state index in [1.165, 1.54) is 12.1 Å². The molecule has 0 heterocycles. The van der Waals surface area contributed by atoms with E-state index >= 15 is 0 Å². The Labute approximate surface area is 109 Å². The number of hydrogen-bond donors (Lipinski definition) is 3. The van der Waals surface area contributed by atoms with Crippen LogP contribution in [-0.4, -0.2) is 23.0 Å². The molecule has 4 N–H and O–H groups in total. The van der Waals surface area contributed by atoms with E-state index in [1.807, 2.05) is 0 Å². The fraction of sp³-hybridized carbons (Fsp3) is 0.385. The first-order chi connectivity index (χ1) is 8.97. The van der Waals surface area contributed by atoms with Gasteiger partial charge in [-0.1, -0.05) is 0 Å². The summed E-state index contributed by atoms with van der Waals surface area (Å²) in [4.78, 5) is 22.8. The van der Waals surface area contributed by atoms with Gasteiger partial charge in [0.15, 0.2) is 0 Å². The number of rotatable bonds is 3. The van der Waals surface area contributed by atoms with E-state index in [0.29, 0.717) is 19.3 Å². The van der Waals surface area contributed by atoms with Crippen molar-refractivity contribution >= 4 is 17.6 Å². The predicted octanol–water partition coefficient (Wildman–Crippen LogP) is 1.39. The van der Waals surface area contributed by atoms with Gasteiger partial charge in [-0.3, -0.25) is 9.59 Å². The van der Waals surface area contributed by atoms with Crippen LogP contribution in [0, 0.1) is 11.7 Å². The van der Waals surface area contributed by atoms with Gasteiger partial charge in [0.1, 0.15) is 5.82 Å². The number of halogens is 1. The van der Waals surface area contributed by atoms with Gasteiger partial charge >= 0.3 is 5.97 Å². The predicted molar refractivity (Wildman–Crippen MR) is 67.0 cm³/mol. The molecule has 0 aromatic heterocycles. The molecule has 5 nitrogen and oxygen atoms in total. The topological polar surface area (TPSA) is 92.4 Å². The van der Waals surface area contributed by atoms with Gasteiger partial charge in [-0.15, -0.1) is 0 Å². The van der Waals surface area contributed by atoms with Crippen molar-refractivity contribution in [1.29, 1.82) is 0 Å². The molecule has 1 saturated carbocycles. The lowest BCUT2D eigenvalue weighted by Crippen LogP contribution is -2.33. The van der Waals surface area contributed by atoms with Crippen molar-refractivity contribution in [3.8, 4) is 0 Å². The highest BCUT2D eigenvalue weighted by Crippen LogP contribution is 2.26. The summed E-state index contributed by atoms with van der Waals surface area (Å²) < 4.78 is 13.1. The van der Waals surface area contributed by atoms with Crippen LogP contribution in [0.4, 0.5) is 10.1 Å². The van der Waals surface area contributed by atoms with Crippen LogP contribution in [0.15, 0.2) is 18.2 Å². The van der Waals surface area contributed by atoms with Crippen molar-refractivity contribution < 1.29 is 19.1 Å². The van der Waals surface area contributed by atoms with Crippen LogP contribution in [0.2, 0.25) is 0 Å². The molecule has 6 heteroatoms. The molecule has 0 bridgehead atoms. The number of benzene rings is 1. The molecule has 1 aromatic carbocycles. The smallest absolute Gasteiger partial charge is 0.306 e. The summed E-state index contributed by atoms with van der Waals surface area (Å²) in [7, 11) is 0. The van der Waals surface area contributed by atoms with E-state index in [1.54, 1.807) is 0 Å². The van der Waals surface area contributed by atoms with Crippen molar-refractivity contribution in [3.63, 3.8) is 0 Å². The Kier molecular flexibility index (Phi) is 3.69. The number of carboxylic acids is 1. The van der Waals surface area contributed by atoms with E-state index < -0.39 is 23.6 Å². The highest BCUT2D eigenvalue weighted by atomic mass is 19.1. The second-order valence-corrected chi connectivity index (χ2v) is 4.75. The lowest BCUT2D eigenvalue weighted by molar-refractivity contribution is -0.141. The van der Waals surface area contributed by atoms with Gasteiger partial charge in [0.2, 0.25) is 0 Å². The second-order valence-electron chi connectivity index (χ2n) is 4.75. The average molecular weight is 266 g/mol. The largest absolute Gasteiger partial charge is 0.481 e. The highest BCUT2D eigenvalue weighted by Gasteiger charge is 2.30. The molecule has 0 spiro atoms. The Balaban J connectivity index is 2.02. The Hall–Kier alpha value is -2.11. The first-order valence-electron chi connectivity index (χ1n) is 6.06. The molecule has 0 aliphatic heterocycles. The van der Waals surface area contributed by atoms with Crippen molar-refractivity contribution in [3.05, 3.63) is 29.6 Å². The average Bonchev–Trinajstić information content (AvgIpc) is 2.80. The molecule has 2 rings (SSSR count). The zero-order valence-corrected chi connectivity index (χ0v) is 10.2. The quantitative estimate of drug-likeness (QED) is 0.721. The van der Waals surface area contributed by atoms with E-state index in [-0.39, 0.29) is 17.3 Å².